The highest BCUT2D eigenvalue weighted by Gasteiger charge is 2.42. The van der Waals surface area contributed by atoms with Gasteiger partial charge in [0.05, 0.1) is 16.2 Å². The number of hydrogen-bond donors (Lipinski definition) is 1. The highest BCUT2D eigenvalue weighted by molar-refractivity contribution is 8.26. The zero-order chi connectivity index (χ0) is 17.4. The maximum absolute atomic E-state index is 12.8. The molecule has 2 heterocycles. The van der Waals surface area contributed by atoms with E-state index in [1.807, 2.05) is 0 Å². The van der Waals surface area contributed by atoms with Crippen molar-refractivity contribution in [1.29, 1.82) is 0 Å². The summed E-state index contributed by atoms with van der Waals surface area (Å²) in [5, 5.41) is 8.92. The molecule has 2 aliphatic heterocycles. The summed E-state index contributed by atoms with van der Waals surface area (Å²) < 4.78 is 0.136. The lowest BCUT2D eigenvalue weighted by Gasteiger charge is -2.14. The van der Waals surface area contributed by atoms with Crippen molar-refractivity contribution in [3.05, 3.63) is 47.4 Å². The molecule has 1 fully saturated rings. The van der Waals surface area contributed by atoms with Crippen LogP contribution in [0.3, 0.4) is 0 Å². The number of amides is 2. The number of aliphatic carboxylic acids is 1. The Morgan fingerprint density at radius 2 is 1.96 bits per heavy atom. The summed E-state index contributed by atoms with van der Waals surface area (Å²) in [5.41, 5.74) is 1.60. The SMILES string of the molecule is C=CCN1C(=O)C(=C2SC(=S)N(CC(=O)O)C2=O)c2ccccc21. The zero-order valence-corrected chi connectivity index (χ0v) is 14.0. The van der Waals surface area contributed by atoms with Crippen molar-refractivity contribution in [2.24, 2.45) is 0 Å². The van der Waals surface area contributed by atoms with Crippen molar-refractivity contribution in [2.75, 3.05) is 18.0 Å². The quantitative estimate of drug-likeness (QED) is 0.502. The molecular weight excluding hydrogens is 348 g/mol. The van der Waals surface area contributed by atoms with Gasteiger partial charge in [-0.1, -0.05) is 48.3 Å². The lowest BCUT2D eigenvalue weighted by atomic mass is 10.1. The van der Waals surface area contributed by atoms with Crippen molar-refractivity contribution >= 4 is 57.3 Å². The number of benzene rings is 1. The topological polar surface area (TPSA) is 77.9 Å². The van der Waals surface area contributed by atoms with Crippen LogP contribution < -0.4 is 4.90 Å². The van der Waals surface area contributed by atoms with E-state index in [1.54, 1.807) is 30.3 Å². The highest BCUT2D eigenvalue weighted by atomic mass is 32.2. The van der Waals surface area contributed by atoms with E-state index in [4.69, 9.17) is 17.3 Å². The van der Waals surface area contributed by atoms with Crippen LogP contribution in [0.5, 0.6) is 0 Å². The Kier molecular flexibility index (Phi) is 4.25. The molecule has 0 bridgehead atoms. The van der Waals surface area contributed by atoms with Crippen LogP contribution in [0.25, 0.3) is 5.57 Å². The Hall–Kier alpha value is -2.45. The van der Waals surface area contributed by atoms with Crippen molar-refractivity contribution < 1.29 is 19.5 Å². The molecule has 2 aliphatic rings. The molecule has 6 nitrogen and oxygen atoms in total. The minimum Gasteiger partial charge on any atom is -0.480 e. The summed E-state index contributed by atoms with van der Waals surface area (Å²) in [7, 11) is 0. The van der Waals surface area contributed by atoms with Gasteiger partial charge in [0.15, 0.2) is 0 Å². The molecule has 0 saturated carbocycles. The number of thiocarbonyl (C=S) groups is 1. The number of para-hydroxylation sites is 1. The van der Waals surface area contributed by atoms with Gasteiger partial charge in [0.1, 0.15) is 10.9 Å². The van der Waals surface area contributed by atoms with Crippen molar-refractivity contribution in [2.45, 2.75) is 0 Å². The van der Waals surface area contributed by atoms with Gasteiger partial charge in [-0.2, -0.15) is 0 Å². The van der Waals surface area contributed by atoms with Crippen LogP contribution in [0.2, 0.25) is 0 Å². The molecule has 0 unspecified atom stereocenters. The molecule has 8 heteroatoms. The maximum atomic E-state index is 12.8. The molecule has 2 amide bonds. The van der Waals surface area contributed by atoms with Crippen molar-refractivity contribution in [3.63, 3.8) is 0 Å². The second-order valence-electron chi connectivity index (χ2n) is 5.08. The molecule has 122 valence electrons. The maximum Gasteiger partial charge on any atom is 0.323 e. The lowest BCUT2D eigenvalue weighted by Crippen LogP contribution is -2.33. The van der Waals surface area contributed by atoms with E-state index in [1.165, 1.54) is 4.90 Å². The molecule has 24 heavy (non-hydrogen) atoms. The van der Waals surface area contributed by atoms with Gasteiger partial charge >= 0.3 is 5.97 Å². The first kappa shape index (κ1) is 16.4. The third-order valence-electron chi connectivity index (χ3n) is 3.60. The number of carbonyl (C=O) groups excluding carboxylic acids is 2. The van der Waals surface area contributed by atoms with E-state index in [-0.39, 0.29) is 20.7 Å². The standard InChI is InChI=1S/C16H12N2O4S2/c1-2-7-17-10-6-4-3-5-9(10)12(14(17)21)13-15(22)18(8-11(19)20)16(23)24-13/h2-6H,1,7-8H2,(H,19,20). The number of rotatable bonds is 4. The molecule has 1 N–H and O–H groups in total. The van der Waals surface area contributed by atoms with Crippen LogP contribution in [-0.4, -0.2) is 45.2 Å². The van der Waals surface area contributed by atoms with Gasteiger partial charge in [-0.15, -0.1) is 6.58 Å². The average Bonchev–Trinajstić information content (AvgIpc) is 2.96. The zero-order valence-electron chi connectivity index (χ0n) is 12.4. The van der Waals surface area contributed by atoms with Crippen LogP contribution in [0.15, 0.2) is 41.8 Å². The van der Waals surface area contributed by atoms with E-state index < -0.39 is 18.4 Å². The third kappa shape index (κ3) is 2.53. The second-order valence-corrected chi connectivity index (χ2v) is 6.72. The third-order valence-corrected chi connectivity index (χ3v) is 5.05. The fraction of sp³-hybridized carbons (Fsp3) is 0.125. The smallest absolute Gasteiger partial charge is 0.323 e. The summed E-state index contributed by atoms with van der Waals surface area (Å²) >= 11 is 6.06. The molecule has 1 saturated heterocycles. The summed E-state index contributed by atoms with van der Waals surface area (Å²) in [4.78, 5) is 39.0. The summed E-state index contributed by atoms with van der Waals surface area (Å²) in [6, 6.07) is 7.14. The first-order valence-electron chi connectivity index (χ1n) is 6.97. The Balaban J connectivity index is 2.11. The van der Waals surface area contributed by atoms with E-state index in [0.29, 0.717) is 17.8 Å². The summed E-state index contributed by atoms with van der Waals surface area (Å²) in [5.74, 6) is -2.03. The molecule has 0 aliphatic carbocycles. The molecule has 3 rings (SSSR count). The average molecular weight is 360 g/mol. The summed E-state index contributed by atoms with van der Waals surface area (Å²) in [6.45, 7) is 3.44. The van der Waals surface area contributed by atoms with Crippen molar-refractivity contribution in [1.82, 2.24) is 4.90 Å². The lowest BCUT2D eigenvalue weighted by molar-refractivity contribution is -0.140. The fourth-order valence-electron chi connectivity index (χ4n) is 2.63. The van der Waals surface area contributed by atoms with Gasteiger partial charge in [-0.3, -0.25) is 19.3 Å². The molecule has 1 aromatic rings. The minimum absolute atomic E-state index is 0.136. The molecule has 0 atom stereocenters. The predicted molar refractivity (Wildman–Crippen MR) is 95.4 cm³/mol. The largest absolute Gasteiger partial charge is 0.480 e. The second kappa shape index (κ2) is 6.21. The Morgan fingerprint density at radius 1 is 1.25 bits per heavy atom. The predicted octanol–water partition coefficient (Wildman–Crippen LogP) is 1.88. The Bertz CT molecular complexity index is 831. The van der Waals surface area contributed by atoms with E-state index >= 15 is 0 Å². The summed E-state index contributed by atoms with van der Waals surface area (Å²) in [6.07, 6.45) is 1.60. The molecular formula is C16H12N2O4S2. The molecule has 0 aromatic heterocycles. The van der Waals surface area contributed by atoms with Crippen LogP contribution in [0.4, 0.5) is 5.69 Å². The van der Waals surface area contributed by atoms with Gasteiger partial charge in [-0.25, -0.2) is 0 Å². The van der Waals surface area contributed by atoms with Gasteiger partial charge in [0.25, 0.3) is 11.8 Å². The van der Waals surface area contributed by atoms with Crippen LogP contribution >= 0.6 is 24.0 Å². The minimum atomic E-state index is -1.16. The van der Waals surface area contributed by atoms with E-state index in [0.717, 1.165) is 16.7 Å². The van der Waals surface area contributed by atoms with Crippen LogP contribution in [-0.2, 0) is 14.4 Å². The van der Waals surface area contributed by atoms with Crippen molar-refractivity contribution in [3.8, 4) is 0 Å². The van der Waals surface area contributed by atoms with E-state index in [9.17, 15) is 14.4 Å². The number of anilines is 1. The monoisotopic (exact) mass is 360 g/mol. The highest BCUT2D eigenvalue weighted by Crippen LogP contribution is 2.44. The fourth-order valence-corrected chi connectivity index (χ4v) is 3.96. The Morgan fingerprint density at radius 3 is 2.62 bits per heavy atom. The van der Waals surface area contributed by atoms with Crippen LogP contribution in [0.1, 0.15) is 5.56 Å². The number of carbonyl (C=O) groups is 3. The Labute approximate surface area is 147 Å². The molecule has 0 radical (unpaired) electrons. The number of carboxylic acids is 1. The van der Waals surface area contributed by atoms with Gasteiger partial charge < -0.3 is 10.0 Å². The van der Waals surface area contributed by atoms with Crippen LogP contribution in [0, 0.1) is 0 Å². The van der Waals surface area contributed by atoms with Gasteiger partial charge in [0, 0.05) is 12.1 Å². The number of fused-ring (bicyclic) bond motifs is 1. The number of thioether (sulfide) groups is 1. The first-order valence-corrected chi connectivity index (χ1v) is 8.20. The van der Waals surface area contributed by atoms with E-state index in [2.05, 4.69) is 6.58 Å². The number of hydrogen-bond acceptors (Lipinski definition) is 5. The molecule has 1 aromatic carbocycles. The number of nitrogens with zero attached hydrogens (tertiary/aromatic N) is 2. The van der Waals surface area contributed by atoms with Gasteiger partial charge in [0.2, 0.25) is 0 Å². The molecule has 0 spiro atoms. The van der Waals surface area contributed by atoms with Gasteiger partial charge in [-0.05, 0) is 6.07 Å². The normalized spacial score (nSPS) is 19.9. The number of carboxylic acid groups (broad SMARTS) is 1. The first-order chi connectivity index (χ1) is 11.5.